The first-order chi connectivity index (χ1) is 14.9. The minimum atomic E-state index is -0.595. The predicted molar refractivity (Wildman–Crippen MR) is 124 cm³/mol. The van der Waals surface area contributed by atoms with Crippen molar-refractivity contribution in [1.29, 1.82) is 0 Å². The largest absolute Gasteiger partial charge is 0.374 e. The average Bonchev–Trinajstić information content (AvgIpc) is 3.15. The summed E-state index contributed by atoms with van der Waals surface area (Å²) in [6.45, 7) is 7.78. The molecule has 1 aromatic rings. The average molecular weight is 425 g/mol. The minimum absolute atomic E-state index is 0.338. The van der Waals surface area contributed by atoms with E-state index >= 15 is 0 Å². The zero-order valence-electron chi connectivity index (χ0n) is 19.5. The van der Waals surface area contributed by atoms with E-state index in [2.05, 4.69) is 43.1 Å². The van der Waals surface area contributed by atoms with Gasteiger partial charge in [0.25, 0.3) is 0 Å². The Hall–Kier alpha value is -1.23. The summed E-state index contributed by atoms with van der Waals surface area (Å²) in [4.78, 5) is 13.3. The van der Waals surface area contributed by atoms with E-state index in [0.29, 0.717) is 30.0 Å². The number of carbonyl (C=O) groups excluding carboxylic acids is 1. The summed E-state index contributed by atoms with van der Waals surface area (Å²) in [6.07, 6.45) is 10.0. The SMILES string of the molecule is CC(C)CC[C@@H]1C[C@@H]2CC[C@@H]([C@@H]3C[C@@H]([C@H](C)c4ccc(C=O)cc4)N4C[C@@]34O)N[C@H]2C1. The Morgan fingerprint density at radius 3 is 2.61 bits per heavy atom. The van der Waals surface area contributed by atoms with Gasteiger partial charge in [0.15, 0.2) is 0 Å². The third kappa shape index (κ3) is 4.00. The standard InChI is InChI=1S/C27H40N2O2/c1-17(2)4-5-20-12-22-10-11-24(28-25(22)13-20)23-14-26(29-16-27(23,29)31)18(3)21-8-6-19(15-30)7-9-21/h6-9,15,17-18,20,22-26,28,31H,4-5,10-14,16H2,1-3H3/t18-,20-,22+,23+,24+,25+,26+,27-,29?/m1/s1. The number of aldehydes is 1. The molecule has 0 bridgehead atoms. The maximum atomic E-state index is 11.4. The summed E-state index contributed by atoms with van der Waals surface area (Å²) in [5.74, 6) is 3.26. The molecule has 0 amide bonds. The van der Waals surface area contributed by atoms with Gasteiger partial charge in [-0.05, 0) is 61.3 Å². The van der Waals surface area contributed by atoms with Gasteiger partial charge in [0.1, 0.15) is 12.0 Å². The molecule has 0 spiro atoms. The van der Waals surface area contributed by atoms with Gasteiger partial charge in [-0.15, -0.1) is 0 Å². The summed E-state index contributed by atoms with van der Waals surface area (Å²) in [5, 5.41) is 15.5. The van der Waals surface area contributed by atoms with Crippen LogP contribution in [0, 0.1) is 23.7 Å². The van der Waals surface area contributed by atoms with Crippen LogP contribution in [0.1, 0.15) is 87.6 Å². The molecule has 9 atom stereocenters. The van der Waals surface area contributed by atoms with E-state index in [9.17, 15) is 9.90 Å². The number of rotatable bonds is 7. The van der Waals surface area contributed by atoms with E-state index in [-0.39, 0.29) is 0 Å². The monoisotopic (exact) mass is 424 g/mol. The molecule has 1 saturated carbocycles. The normalized spacial score (nSPS) is 42.3. The van der Waals surface area contributed by atoms with Crippen molar-refractivity contribution in [3.05, 3.63) is 35.4 Å². The van der Waals surface area contributed by atoms with Crippen molar-refractivity contribution in [3.63, 3.8) is 0 Å². The first-order valence-corrected chi connectivity index (χ1v) is 12.7. The number of aliphatic hydroxyl groups is 1. The van der Waals surface area contributed by atoms with Crippen molar-refractivity contribution in [3.8, 4) is 0 Å². The number of carbonyl (C=O) groups is 1. The number of benzene rings is 1. The fourth-order valence-electron chi connectivity index (χ4n) is 7.22. The quantitative estimate of drug-likeness (QED) is 0.497. The fourth-order valence-corrected chi connectivity index (χ4v) is 7.22. The Morgan fingerprint density at radius 1 is 1.13 bits per heavy atom. The lowest BCUT2D eigenvalue weighted by atomic mass is 9.79. The van der Waals surface area contributed by atoms with Crippen LogP contribution in [0.4, 0.5) is 0 Å². The summed E-state index contributed by atoms with van der Waals surface area (Å²) >= 11 is 0. The molecular weight excluding hydrogens is 384 g/mol. The van der Waals surface area contributed by atoms with Gasteiger partial charge >= 0.3 is 0 Å². The zero-order valence-corrected chi connectivity index (χ0v) is 19.5. The second-order valence-corrected chi connectivity index (χ2v) is 11.5. The molecule has 5 rings (SSSR count). The highest BCUT2D eigenvalue weighted by atomic mass is 16.3. The van der Waals surface area contributed by atoms with E-state index in [1.165, 1.54) is 44.1 Å². The third-order valence-corrected chi connectivity index (χ3v) is 9.17. The number of piperidine rings is 2. The second-order valence-electron chi connectivity index (χ2n) is 11.5. The van der Waals surface area contributed by atoms with Crippen molar-refractivity contribution in [2.24, 2.45) is 23.7 Å². The van der Waals surface area contributed by atoms with Crippen molar-refractivity contribution < 1.29 is 9.90 Å². The Kier molecular flexibility index (Phi) is 5.77. The lowest BCUT2D eigenvalue weighted by Crippen LogP contribution is -2.51. The van der Waals surface area contributed by atoms with Gasteiger partial charge in [-0.2, -0.15) is 0 Å². The zero-order chi connectivity index (χ0) is 21.8. The second kappa shape index (κ2) is 8.28. The van der Waals surface area contributed by atoms with E-state index in [0.717, 1.165) is 42.6 Å². The molecule has 3 heterocycles. The lowest BCUT2D eigenvalue weighted by molar-refractivity contribution is 0.0329. The molecule has 0 radical (unpaired) electrons. The van der Waals surface area contributed by atoms with E-state index < -0.39 is 5.72 Å². The Labute approximate surface area is 187 Å². The molecule has 4 heteroatoms. The van der Waals surface area contributed by atoms with E-state index in [1.807, 2.05) is 12.1 Å². The van der Waals surface area contributed by atoms with Gasteiger partial charge in [0, 0.05) is 36.2 Å². The minimum Gasteiger partial charge on any atom is -0.374 e. The van der Waals surface area contributed by atoms with Crippen LogP contribution in [0.5, 0.6) is 0 Å². The van der Waals surface area contributed by atoms with Crippen LogP contribution in [-0.4, -0.2) is 46.7 Å². The van der Waals surface area contributed by atoms with E-state index in [1.54, 1.807) is 0 Å². The van der Waals surface area contributed by atoms with Crippen molar-refractivity contribution in [2.45, 2.75) is 95.5 Å². The molecule has 3 aliphatic heterocycles. The molecule has 3 saturated heterocycles. The Morgan fingerprint density at radius 2 is 1.90 bits per heavy atom. The number of fused-ring (bicyclic) bond motifs is 2. The summed E-state index contributed by atoms with van der Waals surface area (Å²) in [5.41, 5.74) is 1.40. The Bertz CT molecular complexity index is 793. The van der Waals surface area contributed by atoms with Crippen molar-refractivity contribution in [1.82, 2.24) is 10.2 Å². The molecule has 4 fully saturated rings. The van der Waals surface area contributed by atoms with Crippen molar-refractivity contribution >= 4 is 6.29 Å². The molecule has 31 heavy (non-hydrogen) atoms. The highest BCUT2D eigenvalue weighted by Crippen LogP contribution is 2.55. The maximum Gasteiger partial charge on any atom is 0.150 e. The van der Waals surface area contributed by atoms with Crippen LogP contribution in [-0.2, 0) is 0 Å². The number of hydrogen-bond donors (Lipinski definition) is 2. The highest BCUT2D eigenvalue weighted by molar-refractivity contribution is 5.74. The molecule has 1 aliphatic carbocycles. The molecule has 170 valence electrons. The summed E-state index contributed by atoms with van der Waals surface area (Å²) < 4.78 is 0. The molecule has 1 unspecified atom stereocenters. The van der Waals surface area contributed by atoms with Crippen LogP contribution in [0.15, 0.2) is 24.3 Å². The third-order valence-electron chi connectivity index (χ3n) is 9.17. The Balaban J connectivity index is 1.22. The van der Waals surface area contributed by atoms with E-state index in [4.69, 9.17) is 0 Å². The summed E-state index contributed by atoms with van der Waals surface area (Å²) in [7, 11) is 0. The molecule has 4 nitrogen and oxygen atoms in total. The number of nitrogens with zero attached hydrogens (tertiary/aromatic N) is 1. The summed E-state index contributed by atoms with van der Waals surface area (Å²) in [6, 6.07) is 9.51. The van der Waals surface area contributed by atoms with Crippen molar-refractivity contribution in [2.75, 3.05) is 6.54 Å². The molecule has 0 aromatic heterocycles. The number of hydrogen-bond acceptors (Lipinski definition) is 4. The molecular formula is C27H40N2O2. The van der Waals surface area contributed by atoms with Crippen LogP contribution in [0.25, 0.3) is 0 Å². The number of nitrogens with one attached hydrogen (secondary N) is 1. The fraction of sp³-hybridized carbons (Fsp3) is 0.741. The van der Waals surface area contributed by atoms with Crippen LogP contribution >= 0.6 is 0 Å². The van der Waals surface area contributed by atoms with Gasteiger partial charge in [-0.25, -0.2) is 0 Å². The molecule has 4 aliphatic rings. The lowest BCUT2D eigenvalue weighted by Gasteiger charge is -2.38. The van der Waals surface area contributed by atoms with Crippen LogP contribution < -0.4 is 5.32 Å². The van der Waals surface area contributed by atoms with Gasteiger partial charge < -0.3 is 10.4 Å². The first-order valence-electron chi connectivity index (χ1n) is 12.7. The van der Waals surface area contributed by atoms with Gasteiger partial charge in [0.05, 0.1) is 0 Å². The maximum absolute atomic E-state index is 11.4. The van der Waals surface area contributed by atoms with Crippen LogP contribution in [0.3, 0.4) is 0 Å². The highest BCUT2D eigenvalue weighted by Gasteiger charge is 2.67. The topological polar surface area (TPSA) is 52.3 Å². The smallest absolute Gasteiger partial charge is 0.150 e. The first kappa shape index (κ1) is 21.6. The molecule has 2 N–H and O–H groups in total. The van der Waals surface area contributed by atoms with Gasteiger partial charge in [0.2, 0.25) is 0 Å². The predicted octanol–water partition coefficient (Wildman–Crippen LogP) is 4.58. The van der Waals surface area contributed by atoms with Crippen LogP contribution in [0.2, 0.25) is 0 Å². The molecule has 1 aromatic carbocycles. The van der Waals surface area contributed by atoms with Gasteiger partial charge in [-0.1, -0.05) is 57.9 Å². The van der Waals surface area contributed by atoms with Gasteiger partial charge in [-0.3, -0.25) is 9.69 Å².